The first-order valence-corrected chi connectivity index (χ1v) is 5.54. The van der Waals surface area contributed by atoms with Crippen LogP contribution in [0.25, 0.3) is 0 Å². The number of phenolic OH excluding ortho intramolecular Hbond substituents is 1. The van der Waals surface area contributed by atoms with Crippen molar-refractivity contribution in [2.45, 2.75) is 0 Å². The summed E-state index contributed by atoms with van der Waals surface area (Å²) in [6.07, 6.45) is 0. The maximum atomic E-state index is 11.7. The first-order valence-electron chi connectivity index (χ1n) is 5.54. The van der Waals surface area contributed by atoms with Gasteiger partial charge in [0.15, 0.2) is 0 Å². The molecular weight excluding hydrogens is 242 g/mol. The molecule has 2 rings (SSSR count). The Morgan fingerprint density at radius 1 is 1.05 bits per heavy atom. The Balaban J connectivity index is 2.01. The van der Waals surface area contributed by atoms with E-state index in [1.165, 1.54) is 12.1 Å². The third kappa shape index (κ3) is 3.48. The van der Waals surface area contributed by atoms with E-state index >= 15 is 0 Å². The Bertz CT molecular complexity index is 630. The van der Waals surface area contributed by atoms with Crippen molar-refractivity contribution in [1.82, 2.24) is 0 Å². The van der Waals surface area contributed by atoms with Crippen LogP contribution >= 0.6 is 0 Å². The van der Waals surface area contributed by atoms with Crippen LogP contribution in [0.4, 0.5) is 16.2 Å². The number of hydrogen-bond donors (Lipinski definition) is 3. The van der Waals surface area contributed by atoms with Gasteiger partial charge in [-0.15, -0.1) is 0 Å². The van der Waals surface area contributed by atoms with Crippen LogP contribution in [0.1, 0.15) is 5.56 Å². The number of nitrogens with one attached hydrogen (secondary N) is 2. The summed E-state index contributed by atoms with van der Waals surface area (Å²) in [7, 11) is 0. The second-order valence-electron chi connectivity index (χ2n) is 3.82. The SMILES string of the molecule is N#Cc1cccc(NC(=O)Nc2ccc(O)cc2)c1. The van der Waals surface area contributed by atoms with Crippen LogP contribution in [0.5, 0.6) is 5.75 Å². The zero-order valence-electron chi connectivity index (χ0n) is 9.92. The van der Waals surface area contributed by atoms with E-state index in [2.05, 4.69) is 10.6 Å². The van der Waals surface area contributed by atoms with Gasteiger partial charge in [0.1, 0.15) is 5.75 Å². The summed E-state index contributed by atoms with van der Waals surface area (Å²) < 4.78 is 0. The van der Waals surface area contributed by atoms with Crippen molar-refractivity contribution >= 4 is 17.4 Å². The first kappa shape index (κ1) is 12.5. The van der Waals surface area contributed by atoms with Gasteiger partial charge < -0.3 is 15.7 Å². The number of carbonyl (C=O) groups excluding carboxylic acids is 1. The topological polar surface area (TPSA) is 85.2 Å². The summed E-state index contributed by atoms with van der Waals surface area (Å²) in [6.45, 7) is 0. The molecule has 5 nitrogen and oxygen atoms in total. The summed E-state index contributed by atoms with van der Waals surface area (Å²) in [4.78, 5) is 11.7. The minimum absolute atomic E-state index is 0.132. The Kier molecular flexibility index (Phi) is 3.64. The van der Waals surface area contributed by atoms with Gasteiger partial charge >= 0.3 is 6.03 Å². The summed E-state index contributed by atoms with van der Waals surface area (Å²) >= 11 is 0. The predicted molar refractivity (Wildman–Crippen MR) is 71.9 cm³/mol. The largest absolute Gasteiger partial charge is 0.508 e. The summed E-state index contributed by atoms with van der Waals surface area (Å²) in [5.74, 6) is 0.132. The van der Waals surface area contributed by atoms with Gasteiger partial charge in [-0.3, -0.25) is 0 Å². The fourth-order valence-corrected chi connectivity index (χ4v) is 1.50. The molecule has 0 aromatic heterocycles. The van der Waals surface area contributed by atoms with E-state index in [0.29, 0.717) is 16.9 Å². The van der Waals surface area contributed by atoms with Crippen molar-refractivity contribution in [3.8, 4) is 11.8 Å². The minimum Gasteiger partial charge on any atom is -0.508 e. The van der Waals surface area contributed by atoms with Gasteiger partial charge in [-0.05, 0) is 42.5 Å². The van der Waals surface area contributed by atoms with Crippen molar-refractivity contribution in [3.63, 3.8) is 0 Å². The number of nitrogens with zero attached hydrogens (tertiary/aromatic N) is 1. The van der Waals surface area contributed by atoms with Crippen LogP contribution in [0.2, 0.25) is 0 Å². The van der Waals surface area contributed by atoms with E-state index in [0.717, 1.165) is 0 Å². The highest BCUT2D eigenvalue weighted by atomic mass is 16.3. The van der Waals surface area contributed by atoms with Crippen molar-refractivity contribution in [2.24, 2.45) is 0 Å². The predicted octanol–water partition coefficient (Wildman–Crippen LogP) is 2.91. The lowest BCUT2D eigenvalue weighted by Gasteiger charge is -2.07. The van der Waals surface area contributed by atoms with E-state index in [-0.39, 0.29) is 5.75 Å². The normalized spacial score (nSPS) is 9.42. The molecule has 0 aliphatic rings. The van der Waals surface area contributed by atoms with E-state index in [9.17, 15) is 4.79 Å². The van der Waals surface area contributed by atoms with Gasteiger partial charge in [-0.2, -0.15) is 5.26 Å². The molecule has 0 spiro atoms. The number of aromatic hydroxyl groups is 1. The number of rotatable bonds is 2. The number of anilines is 2. The minimum atomic E-state index is -0.416. The highest BCUT2D eigenvalue weighted by molar-refractivity contribution is 5.99. The Hall–Kier alpha value is -3.00. The molecule has 0 heterocycles. The molecule has 2 amide bonds. The fourth-order valence-electron chi connectivity index (χ4n) is 1.50. The first-order chi connectivity index (χ1) is 9.17. The molecule has 0 saturated heterocycles. The highest BCUT2D eigenvalue weighted by Gasteiger charge is 2.03. The molecule has 0 bridgehead atoms. The molecule has 0 aliphatic heterocycles. The van der Waals surface area contributed by atoms with Gasteiger partial charge in [0.05, 0.1) is 11.6 Å². The zero-order valence-corrected chi connectivity index (χ0v) is 9.92. The molecule has 0 unspecified atom stereocenters. The zero-order chi connectivity index (χ0) is 13.7. The molecular formula is C14H11N3O2. The average molecular weight is 253 g/mol. The second-order valence-corrected chi connectivity index (χ2v) is 3.82. The maximum absolute atomic E-state index is 11.7. The second kappa shape index (κ2) is 5.56. The number of benzene rings is 2. The van der Waals surface area contributed by atoms with E-state index in [4.69, 9.17) is 10.4 Å². The van der Waals surface area contributed by atoms with Crippen molar-refractivity contribution < 1.29 is 9.90 Å². The van der Waals surface area contributed by atoms with Crippen LogP contribution in [0.3, 0.4) is 0 Å². The highest BCUT2D eigenvalue weighted by Crippen LogP contribution is 2.15. The molecule has 19 heavy (non-hydrogen) atoms. The third-order valence-electron chi connectivity index (χ3n) is 2.37. The maximum Gasteiger partial charge on any atom is 0.323 e. The third-order valence-corrected chi connectivity index (χ3v) is 2.37. The van der Waals surface area contributed by atoms with Crippen molar-refractivity contribution in [2.75, 3.05) is 10.6 Å². The van der Waals surface area contributed by atoms with E-state index in [1.807, 2.05) is 6.07 Å². The van der Waals surface area contributed by atoms with Crippen LogP contribution in [-0.2, 0) is 0 Å². The van der Waals surface area contributed by atoms with Crippen LogP contribution in [-0.4, -0.2) is 11.1 Å². The summed E-state index contributed by atoms with van der Waals surface area (Å²) in [5.41, 5.74) is 1.57. The molecule has 0 fully saturated rings. The standard InChI is InChI=1S/C14H11N3O2/c15-9-10-2-1-3-12(8-10)17-14(19)16-11-4-6-13(18)7-5-11/h1-8,18H,(H2,16,17,19). The molecule has 0 atom stereocenters. The average Bonchev–Trinajstić information content (AvgIpc) is 2.41. The van der Waals surface area contributed by atoms with Crippen molar-refractivity contribution in [1.29, 1.82) is 5.26 Å². The van der Waals surface area contributed by atoms with Gasteiger partial charge in [0.2, 0.25) is 0 Å². The van der Waals surface area contributed by atoms with E-state index in [1.54, 1.807) is 36.4 Å². The van der Waals surface area contributed by atoms with Gasteiger partial charge in [0.25, 0.3) is 0 Å². The number of amides is 2. The van der Waals surface area contributed by atoms with Crippen LogP contribution < -0.4 is 10.6 Å². The molecule has 5 heteroatoms. The molecule has 2 aromatic carbocycles. The smallest absolute Gasteiger partial charge is 0.323 e. The van der Waals surface area contributed by atoms with Gasteiger partial charge in [-0.25, -0.2) is 4.79 Å². The molecule has 94 valence electrons. The summed E-state index contributed by atoms with van der Waals surface area (Å²) in [6, 6.07) is 14.3. The van der Waals surface area contributed by atoms with Gasteiger partial charge in [-0.1, -0.05) is 6.07 Å². The lowest BCUT2D eigenvalue weighted by atomic mass is 10.2. The Morgan fingerprint density at radius 3 is 2.42 bits per heavy atom. The monoisotopic (exact) mass is 253 g/mol. The molecule has 0 saturated carbocycles. The fraction of sp³-hybridized carbons (Fsp3) is 0. The Labute approximate surface area is 110 Å². The van der Waals surface area contributed by atoms with Gasteiger partial charge in [0, 0.05) is 11.4 Å². The molecule has 3 N–H and O–H groups in total. The lowest BCUT2D eigenvalue weighted by molar-refractivity contribution is 0.262. The van der Waals surface area contributed by atoms with E-state index < -0.39 is 6.03 Å². The molecule has 0 aliphatic carbocycles. The number of carbonyl (C=O) groups is 1. The number of nitriles is 1. The number of hydrogen-bond acceptors (Lipinski definition) is 3. The Morgan fingerprint density at radius 2 is 1.74 bits per heavy atom. The van der Waals surface area contributed by atoms with Crippen LogP contribution in [0, 0.1) is 11.3 Å². The lowest BCUT2D eigenvalue weighted by Crippen LogP contribution is -2.19. The molecule has 0 radical (unpaired) electrons. The quantitative estimate of drug-likeness (QED) is 0.719. The summed E-state index contributed by atoms with van der Waals surface area (Å²) in [5, 5.41) is 23.1. The van der Waals surface area contributed by atoms with Crippen LogP contribution in [0.15, 0.2) is 48.5 Å². The van der Waals surface area contributed by atoms with Crippen molar-refractivity contribution in [3.05, 3.63) is 54.1 Å². The number of urea groups is 1. The number of phenols is 1. The molecule has 2 aromatic rings.